The molecule has 0 aliphatic heterocycles. The normalized spacial score (nSPS) is 20.3. The molecule has 1 nitrogen and oxygen atoms in total. The SMILES string of the molecule is CC(C)(N)C1(c2cc(Cl)cs2)CC1. The van der Waals surface area contributed by atoms with Gasteiger partial charge in [0.15, 0.2) is 0 Å². The molecule has 0 bridgehead atoms. The smallest absolute Gasteiger partial charge is 0.0516 e. The number of hydrogen-bond donors (Lipinski definition) is 1. The maximum atomic E-state index is 6.18. The Kier molecular flexibility index (Phi) is 1.99. The molecule has 1 fully saturated rings. The van der Waals surface area contributed by atoms with Crippen molar-refractivity contribution in [1.29, 1.82) is 0 Å². The van der Waals surface area contributed by atoms with Crippen LogP contribution in [0.2, 0.25) is 5.02 Å². The van der Waals surface area contributed by atoms with Gasteiger partial charge in [0.2, 0.25) is 0 Å². The van der Waals surface area contributed by atoms with E-state index in [0.717, 1.165) is 5.02 Å². The van der Waals surface area contributed by atoms with Crippen molar-refractivity contribution >= 4 is 22.9 Å². The molecule has 13 heavy (non-hydrogen) atoms. The summed E-state index contributed by atoms with van der Waals surface area (Å²) in [6, 6.07) is 2.06. The van der Waals surface area contributed by atoms with Crippen molar-refractivity contribution in [1.82, 2.24) is 0 Å². The van der Waals surface area contributed by atoms with Crippen LogP contribution in [-0.4, -0.2) is 5.54 Å². The highest BCUT2D eigenvalue weighted by Gasteiger charge is 2.54. The minimum atomic E-state index is -0.124. The Balaban J connectivity index is 2.36. The highest BCUT2D eigenvalue weighted by molar-refractivity contribution is 7.10. The van der Waals surface area contributed by atoms with E-state index in [1.807, 2.05) is 5.38 Å². The Bertz CT molecular complexity index is 320. The molecule has 1 aliphatic carbocycles. The van der Waals surface area contributed by atoms with Gasteiger partial charge >= 0.3 is 0 Å². The van der Waals surface area contributed by atoms with Crippen molar-refractivity contribution in [2.24, 2.45) is 5.73 Å². The topological polar surface area (TPSA) is 26.0 Å². The molecule has 1 aliphatic rings. The van der Waals surface area contributed by atoms with Gasteiger partial charge in [-0.25, -0.2) is 0 Å². The van der Waals surface area contributed by atoms with Crippen molar-refractivity contribution in [3.63, 3.8) is 0 Å². The number of halogens is 1. The van der Waals surface area contributed by atoms with Gasteiger partial charge in [-0.2, -0.15) is 0 Å². The largest absolute Gasteiger partial charge is 0.325 e. The lowest BCUT2D eigenvalue weighted by atomic mass is 9.84. The molecule has 1 aromatic heterocycles. The lowest BCUT2D eigenvalue weighted by Crippen LogP contribution is -2.44. The lowest BCUT2D eigenvalue weighted by Gasteiger charge is -2.29. The minimum Gasteiger partial charge on any atom is -0.325 e. The monoisotopic (exact) mass is 215 g/mol. The Morgan fingerprint density at radius 1 is 1.54 bits per heavy atom. The van der Waals surface area contributed by atoms with Gasteiger partial charge in [0.1, 0.15) is 0 Å². The van der Waals surface area contributed by atoms with E-state index < -0.39 is 0 Å². The number of nitrogens with two attached hydrogens (primary N) is 1. The molecule has 3 heteroatoms. The molecular formula is C10H14ClNS. The van der Waals surface area contributed by atoms with E-state index in [0.29, 0.717) is 0 Å². The summed E-state index contributed by atoms with van der Waals surface area (Å²) in [5.74, 6) is 0. The fraction of sp³-hybridized carbons (Fsp3) is 0.600. The first kappa shape index (κ1) is 9.50. The molecule has 2 rings (SSSR count). The summed E-state index contributed by atoms with van der Waals surface area (Å²) in [4.78, 5) is 1.35. The Morgan fingerprint density at radius 3 is 2.46 bits per heavy atom. The summed E-state index contributed by atoms with van der Waals surface area (Å²) in [5.41, 5.74) is 6.27. The van der Waals surface area contributed by atoms with Gasteiger partial charge in [0.25, 0.3) is 0 Å². The van der Waals surface area contributed by atoms with E-state index in [1.165, 1.54) is 17.7 Å². The zero-order valence-corrected chi connectivity index (χ0v) is 9.50. The standard InChI is InChI=1S/C10H14ClNS/c1-9(2,12)10(3-4-10)8-5-7(11)6-13-8/h5-6H,3-4,12H2,1-2H3. The van der Waals surface area contributed by atoms with Crippen LogP contribution in [-0.2, 0) is 5.41 Å². The van der Waals surface area contributed by atoms with Gasteiger partial charge in [-0.1, -0.05) is 11.6 Å². The van der Waals surface area contributed by atoms with Crippen molar-refractivity contribution in [2.45, 2.75) is 37.6 Å². The van der Waals surface area contributed by atoms with Crippen LogP contribution in [0.25, 0.3) is 0 Å². The quantitative estimate of drug-likeness (QED) is 0.806. The van der Waals surface area contributed by atoms with E-state index in [1.54, 1.807) is 11.3 Å². The summed E-state index contributed by atoms with van der Waals surface area (Å²) in [6.45, 7) is 4.21. The van der Waals surface area contributed by atoms with E-state index in [-0.39, 0.29) is 11.0 Å². The predicted molar refractivity (Wildman–Crippen MR) is 58.5 cm³/mol. The molecule has 0 spiro atoms. The molecule has 72 valence electrons. The maximum Gasteiger partial charge on any atom is 0.0516 e. The van der Waals surface area contributed by atoms with Gasteiger partial charge in [0, 0.05) is 21.2 Å². The fourth-order valence-corrected chi connectivity index (χ4v) is 3.40. The number of rotatable bonds is 2. The van der Waals surface area contributed by atoms with E-state index in [4.69, 9.17) is 17.3 Å². The highest BCUT2D eigenvalue weighted by Crippen LogP contribution is 2.56. The van der Waals surface area contributed by atoms with Crippen molar-refractivity contribution in [3.8, 4) is 0 Å². The summed E-state index contributed by atoms with van der Waals surface area (Å²) >= 11 is 7.65. The molecule has 0 unspecified atom stereocenters. The molecule has 0 saturated heterocycles. The van der Waals surface area contributed by atoms with Crippen molar-refractivity contribution in [2.75, 3.05) is 0 Å². The Morgan fingerprint density at radius 2 is 2.15 bits per heavy atom. The van der Waals surface area contributed by atoms with Gasteiger partial charge < -0.3 is 5.73 Å². The molecule has 1 heterocycles. The second-order valence-electron chi connectivity index (χ2n) is 4.43. The van der Waals surface area contributed by atoms with Gasteiger partial charge in [-0.15, -0.1) is 11.3 Å². The lowest BCUT2D eigenvalue weighted by molar-refractivity contribution is 0.397. The Labute approximate surface area is 87.9 Å². The predicted octanol–water partition coefficient (Wildman–Crippen LogP) is 3.17. The number of thiophene rings is 1. The molecule has 1 aromatic rings. The second kappa shape index (κ2) is 2.72. The van der Waals surface area contributed by atoms with E-state index in [9.17, 15) is 0 Å². The first-order chi connectivity index (χ1) is 5.96. The average molecular weight is 216 g/mol. The van der Waals surface area contributed by atoms with Crippen LogP contribution in [0.15, 0.2) is 11.4 Å². The minimum absolute atomic E-state index is 0.124. The maximum absolute atomic E-state index is 6.18. The van der Waals surface area contributed by atoms with Crippen molar-refractivity contribution in [3.05, 3.63) is 21.3 Å². The number of hydrogen-bond acceptors (Lipinski definition) is 2. The molecule has 1 saturated carbocycles. The summed E-state index contributed by atoms with van der Waals surface area (Å²) in [7, 11) is 0. The molecule has 0 amide bonds. The molecule has 0 aromatic carbocycles. The zero-order chi connectivity index (χ0) is 9.69. The highest BCUT2D eigenvalue weighted by atomic mass is 35.5. The molecule has 2 N–H and O–H groups in total. The third-order valence-corrected chi connectivity index (χ3v) is 4.50. The third-order valence-electron chi connectivity index (χ3n) is 3.02. The average Bonchev–Trinajstić information content (AvgIpc) is 2.70. The van der Waals surface area contributed by atoms with E-state index in [2.05, 4.69) is 19.9 Å². The summed E-state index contributed by atoms with van der Waals surface area (Å²) < 4.78 is 0. The zero-order valence-electron chi connectivity index (χ0n) is 7.93. The van der Waals surface area contributed by atoms with Gasteiger partial charge in [-0.05, 0) is 32.8 Å². The third kappa shape index (κ3) is 1.41. The van der Waals surface area contributed by atoms with Crippen LogP contribution in [0, 0.1) is 0 Å². The molecule has 0 radical (unpaired) electrons. The van der Waals surface area contributed by atoms with Gasteiger partial charge in [-0.3, -0.25) is 0 Å². The van der Waals surface area contributed by atoms with Crippen LogP contribution in [0.1, 0.15) is 31.6 Å². The summed E-state index contributed by atoms with van der Waals surface area (Å²) in [5, 5.41) is 2.83. The van der Waals surface area contributed by atoms with Crippen LogP contribution in [0.4, 0.5) is 0 Å². The first-order valence-corrected chi connectivity index (χ1v) is 5.75. The second-order valence-corrected chi connectivity index (χ2v) is 5.78. The molecular weight excluding hydrogens is 202 g/mol. The van der Waals surface area contributed by atoms with Gasteiger partial charge in [0.05, 0.1) is 5.02 Å². The van der Waals surface area contributed by atoms with Crippen LogP contribution >= 0.6 is 22.9 Å². The van der Waals surface area contributed by atoms with Crippen molar-refractivity contribution < 1.29 is 0 Å². The first-order valence-electron chi connectivity index (χ1n) is 4.49. The van der Waals surface area contributed by atoms with Crippen LogP contribution in [0.5, 0.6) is 0 Å². The van der Waals surface area contributed by atoms with E-state index >= 15 is 0 Å². The Hall–Kier alpha value is -0.0500. The van der Waals surface area contributed by atoms with Crippen LogP contribution < -0.4 is 5.73 Å². The molecule has 0 atom stereocenters. The summed E-state index contributed by atoms with van der Waals surface area (Å²) in [6.07, 6.45) is 2.40. The van der Waals surface area contributed by atoms with Crippen LogP contribution in [0.3, 0.4) is 0 Å². The fourth-order valence-electron chi connectivity index (χ4n) is 1.90.